The van der Waals surface area contributed by atoms with Crippen molar-refractivity contribution in [3.63, 3.8) is 0 Å². The highest BCUT2D eigenvalue weighted by molar-refractivity contribution is 5.94. The second-order valence-electron chi connectivity index (χ2n) is 3.19. The molecule has 0 aromatic heterocycles. The Morgan fingerprint density at radius 2 is 2.18 bits per heavy atom. The minimum Gasteiger partial charge on any atom is -0.462 e. The summed E-state index contributed by atoms with van der Waals surface area (Å²) in [4.78, 5) is 21.7. The zero-order valence-electron chi connectivity index (χ0n) is 9.76. The van der Waals surface area contributed by atoms with Crippen LogP contribution in [0.2, 0.25) is 0 Å². The van der Waals surface area contributed by atoms with Gasteiger partial charge in [-0.05, 0) is 25.5 Å². The highest BCUT2D eigenvalue weighted by Crippen LogP contribution is 2.23. The highest BCUT2D eigenvalue weighted by atomic mass is 16.7. The van der Waals surface area contributed by atoms with E-state index in [4.69, 9.17) is 9.47 Å². The van der Waals surface area contributed by atoms with Gasteiger partial charge in [0.05, 0.1) is 6.61 Å². The molecular formula is C12H14O5. The van der Waals surface area contributed by atoms with Crippen LogP contribution < -0.4 is 4.74 Å². The fourth-order valence-corrected chi connectivity index (χ4v) is 1.35. The number of ether oxygens (including phenoxy) is 3. The van der Waals surface area contributed by atoms with E-state index in [9.17, 15) is 9.59 Å². The molecule has 0 atom stereocenters. The fraction of sp³-hybridized carbons (Fsp3) is 0.333. The number of hydrogen-bond acceptors (Lipinski definition) is 5. The summed E-state index contributed by atoms with van der Waals surface area (Å²) in [6.07, 6.45) is 0. The van der Waals surface area contributed by atoms with Gasteiger partial charge in [-0.15, -0.1) is 0 Å². The SMILES string of the molecule is CCOC(=O)c1c(C)cccc1OCOC=O. The van der Waals surface area contributed by atoms with Gasteiger partial charge in [0.2, 0.25) is 6.79 Å². The third-order valence-corrected chi connectivity index (χ3v) is 2.06. The highest BCUT2D eigenvalue weighted by Gasteiger charge is 2.16. The van der Waals surface area contributed by atoms with E-state index < -0.39 is 5.97 Å². The van der Waals surface area contributed by atoms with E-state index >= 15 is 0 Å². The first kappa shape index (κ1) is 13.0. The molecular weight excluding hydrogens is 224 g/mol. The van der Waals surface area contributed by atoms with Gasteiger partial charge in [0, 0.05) is 0 Å². The molecule has 0 aliphatic rings. The van der Waals surface area contributed by atoms with Gasteiger partial charge >= 0.3 is 5.97 Å². The molecule has 0 radical (unpaired) electrons. The predicted octanol–water partition coefficient (Wildman–Crippen LogP) is 1.68. The number of carbonyl (C=O) groups is 2. The molecule has 0 spiro atoms. The largest absolute Gasteiger partial charge is 0.462 e. The van der Waals surface area contributed by atoms with Crippen LogP contribution in [0.25, 0.3) is 0 Å². The summed E-state index contributed by atoms with van der Waals surface area (Å²) in [6, 6.07) is 5.14. The third-order valence-electron chi connectivity index (χ3n) is 2.06. The summed E-state index contributed by atoms with van der Waals surface area (Å²) in [5.74, 6) is -0.114. The van der Waals surface area contributed by atoms with Gasteiger partial charge in [-0.25, -0.2) is 4.79 Å². The van der Waals surface area contributed by atoms with Crippen molar-refractivity contribution in [2.24, 2.45) is 0 Å². The number of benzene rings is 1. The number of esters is 1. The molecule has 0 bridgehead atoms. The first-order valence-electron chi connectivity index (χ1n) is 5.15. The van der Waals surface area contributed by atoms with Gasteiger partial charge in [-0.1, -0.05) is 12.1 Å². The molecule has 0 aliphatic heterocycles. The van der Waals surface area contributed by atoms with E-state index in [1.54, 1.807) is 32.0 Å². The number of rotatable bonds is 6. The maximum Gasteiger partial charge on any atom is 0.342 e. The second kappa shape index (κ2) is 6.52. The Labute approximate surface area is 99.3 Å². The third kappa shape index (κ3) is 3.48. The molecule has 5 nitrogen and oxygen atoms in total. The lowest BCUT2D eigenvalue weighted by molar-refractivity contribution is -0.134. The molecule has 0 aliphatic carbocycles. The lowest BCUT2D eigenvalue weighted by Gasteiger charge is -2.11. The summed E-state index contributed by atoms with van der Waals surface area (Å²) in [5.41, 5.74) is 1.09. The quantitative estimate of drug-likeness (QED) is 0.326. The van der Waals surface area contributed by atoms with Crippen molar-refractivity contribution in [1.29, 1.82) is 0 Å². The van der Waals surface area contributed by atoms with Crippen molar-refractivity contribution in [3.8, 4) is 5.75 Å². The van der Waals surface area contributed by atoms with E-state index in [0.29, 0.717) is 11.3 Å². The van der Waals surface area contributed by atoms with Crippen molar-refractivity contribution < 1.29 is 23.8 Å². The van der Waals surface area contributed by atoms with Crippen LogP contribution in [0, 0.1) is 6.92 Å². The Kier molecular flexibility index (Phi) is 5.00. The average Bonchev–Trinajstić information content (AvgIpc) is 2.29. The summed E-state index contributed by atoms with van der Waals surface area (Å²) in [6.45, 7) is 3.84. The minimum absolute atomic E-state index is 0.237. The van der Waals surface area contributed by atoms with Gasteiger partial charge < -0.3 is 14.2 Å². The lowest BCUT2D eigenvalue weighted by atomic mass is 10.1. The van der Waals surface area contributed by atoms with Crippen LogP contribution in [-0.4, -0.2) is 25.8 Å². The summed E-state index contributed by atoms with van der Waals surface area (Å²) in [5, 5.41) is 0. The Balaban J connectivity index is 2.91. The summed E-state index contributed by atoms with van der Waals surface area (Å²) >= 11 is 0. The fourth-order valence-electron chi connectivity index (χ4n) is 1.35. The summed E-state index contributed by atoms with van der Waals surface area (Å²) in [7, 11) is 0. The van der Waals surface area contributed by atoms with Crippen LogP contribution >= 0.6 is 0 Å². The van der Waals surface area contributed by atoms with E-state index in [2.05, 4.69) is 4.74 Å². The first-order valence-corrected chi connectivity index (χ1v) is 5.15. The molecule has 0 amide bonds. The second-order valence-corrected chi connectivity index (χ2v) is 3.19. The smallest absolute Gasteiger partial charge is 0.342 e. The maximum atomic E-state index is 11.7. The van der Waals surface area contributed by atoms with Gasteiger partial charge in [-0.3, -0.25) is 4.79 Å². The van der Waals surface area contributed by atoms with Gasteiger partial charge in [0.15, 0.2) is 0 Å². The van der Waals surface area contributed by atoms with E-state index in [1.807, 2.05) is 0 Å². The molecule has 92 valence electrons. The zero-order valence-corrected chi connectivity index (χ0v) is 9.76. The van der Waals surface area contributed by atoms with E-state index in [0.717, 1.165) is 5.56 Å². The van der Waals surface area contributed by atoms with Crippen LogP contribution in [-0.2, 0) is 14.3 Å². The van der Waals surface area contributed by atoms with Gasteiger partial charge in [0.25, 0.3) is 6.47 Å². The number of hydrogen-bond donors (Lipinski definition) is 0. The van der Waals surface area contributed by atoms with Crippen LogP contribution in [0.3, 0.4) is 0 Å². The van der Waals surface area contributed by atoms with E-state index in [1.165, 1.54) is 0 Å². The molecule has 0 saturated carbocycles. The van der Waals surface area contributed by atoms with Crippen molar-refractivity contribution in [2.75, 3.05) is 13.4 Å². The Hall–Kier alpha value is -2.04. The first-order chi connectivity index (χ1) is 8.20. The maximum absolute atomic E-state index is 11.7. The predicted molar refractivity (Wildman–Crippen MR) is 59.8 cm³/mol. The van der Waals surface area contributed by atoms with Crippen LogP contribution in [0.1, 0.15) is 22.8 Å². The Bertz CT molecular complexity index is 400. The number of aryl methyl sites for hydroxylation is 1. The standard InChI is InChI=1S/C12H14O5/c1-3-16-12(14)11-9(2)5-4-6-10(11)17-8-15-7-13/h4-7H,3,8H2,1-2H3. The normalized spacial score (nSPS) is 9.53. The Morgan fingerprint density at radius 1 is 1.41 bits per heavy atom. The average molecular weight is 238 g/mol. The minimum atomic E-state index is -0.452. The van der Waals surface area contributed by atoms with Crippen molar-refractivity contribution in [1.82, 2.24) is 0 Å². The molecule has 0 saturated heterocycles. The van der Waals surface area contributed by atoms with E-state index in [-0.39, 0.29) is 19.9 Å². The topological polar surface area (TPSA) is 61.8 Å². The van der Waals surface area contributed by atoms with Crippen LogP contribution in [0.5, 0.6) is 5.75 Å². The van der Waals surface area contributed by atoms with Crippen molar-refractivity contribution in [3.05, 3.63) is 29.3 Å². The molecule has 0 unspecified atom stereocenters. The molecule has 5 heteroatoms. The Morgan fingerprint density at radius 3 is 2.82 bits per heavy atom. The van der Waals surface area contributed by atoms with Crippen molar-refractivity contribution >= 4 is 12.4 Å². The van der Waals surface area contributed by atoms with Gasteiger partial charge in [-0.2, -0.15) is 0 Å². The molecule has 1 aromatic carbocycles. The molecule has 0 fully saturated rings. The zero-order chi connectivity index (χ0) is 12.7. The summed E-state index contributed by atoms with van der Waals surface area (Å²) < 4.78 is 14.5. The lowest BCUT2D eigenvalue weighted by Crippen LogP contribution is -2.11. The molecule has 1 aromatic rings. The molecule has 17 heavy (non-hydrogen) atoms. The number of carbonyl (C=O) groups excluding carboxylic acids is 2. The van der Waals surface area contributed by atoms with Crippen LogP contribution in [0.4, 0.5) is 0 Å². The van der Waals surface area contributed by atoms with Crippen LogP contribution in [0.15, 0.2) is 18.2 Å². The monoisotopic (exact) mass is 238 g/mol. The van der Waals surface area contributed by atoms with Crippen molar-refractivity contribution in [2.45, 2.75) is 13.8 Å². The molecule has 1 rings (SSSR count). The molecule has 0 heterocycles. The molecule has 0 N–H and O–H groups in total. The van der Waals surface area contributed by atoms with Gasteiger partial charge in [0.1, 0.15) is 11.3 Å².